The zero-order valence-electron chi connectivity index (χ0n) is 10.2. The summed E-state index contributed by atoms with van der Waals surface area (Å²) in [5.74, 6) is 2.45. The molecule has 0 spiro atoms. The van der Waals surface area contributed by atoms with E-state index in [4.69, 9.17) is 5.73 Å². The van der Waals surface area contributed by atoms with E-state index in [2.05, 4.69) is 46.0 Å². The summed E-state index contributed by atoms with van der Waals surface area (Å²) in [4.78, 5) is 2.51. The number of hydrogen-bond donors (Lipinski definition) is 1. The smallest absolute Gasteiger partial charge is 0.0471 e. The molecular formula is C13H19BrN2S. The van der Waals surface area contributed by atoms with Crippen molar-refractivity contribution < 1.29 is 0 Å². The van der Waals surface area contributed by atoms with Crippen LogP contribution in [0.3, 0.4) is 0 Å². The zero-order valence-corrected chi connectivity index (χ0v) is 12.6. The van der Waals surface area contributed by atoms with Crippen molar-refractivity contribution in [2.75, 3.05) is 31.1 Å². The van der Waals surface area contributed by atoms with Gasteiger partial charge in [0.2, 0.25) is 0 Å². The zero-order chi connectivity index (χ0) is 12.3. The van der Waals surface area contributed by atoms with Crippen LogP contribution in [0.2, 0.25) is 0 Å². The van der Waals surface area contributed by atoms with Crippen LogP contribution in [0.25, 0.3) is 0 Å². The van der Waals surface area contributed by atoms with Gasteiger partial charge in [0, 0.05) is 41.7 Å². The van der Waals surface area contributed by atoms with Gasteiger partial charge in [-0.2, -0.15) is 11.8 Å². The van der Waals surface area contributed by atoms with E-state index in [1.54, 1.807) is 0 Å². The van der Waals surface area contributed by atoms with Crippen LogP contribution in [-0.2, 0) is 0 Å². The first-order valence-electron chi connectivity index (χ1n) is 6.00. The maximum atomic E-state index is 5.96. The van der Waals surface area contributed by atoms with Crippen LogP contribution >= 0.6 is 27.7 Å². The highest BCUT2D eigenvalue weighted by atomic mass is 79.9. The SMILES string of the molecule is Cc1ccc(C(CN)N2CCSCC2)cc1Br. The number of thioether (sulfide) groups is 1. The standard InChI is InChI=1S/C13H19BrN2S/c1-10-2-3-11(8-12(10)14)13(9-15)16-4-6-17-7-5-16/h2-3,8,13H,4-7,9,15H2,1H3. The van der Waals surface area contributed by atoms with Crippen molar-refractivity contribution in [2.45, 2.75) is 13.0 Å². The van der Waals surface area contributed by atoms with Gasteiger partial charge in [0.15, 0.2) is 0 Å². The molecule has 1 saturated heterocycles. The highest BCUT2D eigenvalue weighted by molar-refractivity contribution is 9.10. The molecule has 0 aromatic heterocycles. The summed E-state index contributed by atoms with van der Waals surface area (Å²) in [5, 5.41) is 0. The molecule has 0 amide bonds. The fourth-order valence-corrected chi connectivity index (χ4v) is 3.53. The van der Waals surface area contributed by atoms with Gasteiger partial charge in [-0.25, -0.2) is 0 Å². The predicted molar refractivity (Wildman–Crippen MR) is 79.6 cm³/mol. The Morgan fingerprint density at radius 1 is 1.41 bits per heavy atom. The topological polar surface area (TPSA) is 29.3 Å². The lowest BCUT2D eigenvalue weighted by atomic mass is 10.0. The van der Waals surface area contributed by atoms with Gasteiger partial charge in [0.05, 0.1) is 0 Å². The van der Waals surface area contributed by atoms with Crippen LogP contribution in [0.4, 0.5) is 0 Å². The Hall–Kier alpha value is -0.0300. The average Bonchev–Trinajstić information content (AvgIpc) is 2.36. The summed E-state index contributed by atoms with van der Waals surface area (Å²) in [7, 11) is 0. The van der Waals surface area contributed by atoms with Crippen LogP contribution in [0, 0.1) is 6.92 Å². The first kappa shape index (κ1) is 13.4. The van der Waals surface area contributed by atoms with Gasteiger partial charge in [-0.3, -0.25) is 4.90 Å². The van der Waals surface area contributed by atoms with Crippen molar-refractivity contribution >= 4 is 27.7 Å². The second-order valence-corrected chi connectivity index (χ2v) is 6.49. The Balaban J connectivity index is 2.18. The minimum Gasteiger partial charge on any atom is -0.329 e. The first-order chi connectivity index (χ1) is 8.22. The lowest BCUT2D eigenvalue weighted by molar-refractivity contribution is 0.223. The molecule has 1 aromatic rings. The third kappa shape index (κ3) is 3.25. The van der Waals surface area contributed by atoms with Gasteiger partial charge in [-0.1, -0.05) is 28.1 Å². The van der Waals surface area contributed by atoms with E-state index in [-0.39, 0.29) is 0 Å². The third-order valence-electron chi connectivity index (χ3n) is 3.29. The number of rotatable bonds is 3. The van der Waals surface area contributed by atoms with E-state index in [1.165, 1.54) is 27.1 Å². The Bertz CT molecular complexity index is 378. The fraction of sp³-hybridized carbons (Fsp3) is 0.538. The number of benzene rings is 1. The van der Waals surface area contributed by atoms with Crippen LogP contribution in [0.15, 0.2) is 22.7 Å². The number of nitrogens with zero attached hydrogens (tertiary/aromatic N) is 1. The summed E-state index contributed by atoms with van der Waals surface area (Å²) in [6.45, 7) is 5.11. The highest BCUT2D eigenvalue weighted by Crippen LogP contribution is 2.27. The van der Waals surface area contributed by atoms with Crippen molar-refractivity contribution in [1.82, 2.24) is 4.90 Å². The number of aryl methyl sites for hydroxylation is 1. The van der Waals surface area contributed by atoms with Crippen molar-refractivity contribution in [3.05, 3.63) is 33.8 Å². The molecule has 1 aliphatic rings. The van der Waals surface area contributed by atoms with Gasteiger partial charge >= 0.3 is 0 Å². The van der Waals surface area contributed by atoms with Crippen molar-refractivity contribution in [3.8, 4) is 0 Å². The number of hydrogen-bond acceptors (Lipinski definition) is 3. The summed E-state index contributed by atoms with van der Waals surface area (Å²) < 4.78 is 1.18. The Labute approximate surface area is 116 Å². The van der Waals surface area contributed by atoms with E-state index in [0.29, 0.717) is 12.6 Å². The maximum absolute atomic E-state index is 5.96. The monoisotopic (exact) mass is 314 g/mol. The Morgan fingerprint density at radius 3 is 2.71 bits per heavy atom. The van der Waals surface area contributed by atoms with Gasteiger partial charge in [-0.05, 0) is 24.1 Å². The highest BCUT2D eigenvalue weighted by Gasteiger charge is 2.21. The van der Waals surface area contributed by atoms with E-state index < -0.39 is 0 Å². The second kappa shape index (κ2) is 6.23. The van der Waals surface area contributed by atoms with Gasteiger partial charge in [-0.15, -0.1) is 0 Å². The molecule has 0 saturated carbocycles. The summed E-state index contributed by atoms with van der Waals surface area (Å²) in [6, 6.07) is 6.96. The minimum atomic E-state index is 0.368. The van der Waals surface area contributed by atoms with E-state index in [9.17, 15) is 0 Å². The number of halogens is 1. The molecule has 1 aliphatic heterocycles. The lowest BCUT2D eigenvalue weighted by Crippen LogP contribution is -2.39. The van der Waals surface area contributed by atoms with Crippen LogP contribution in [0.5, 0.6) is 0 Å². The van der Waals surface area contributed by atoms with Crippen molar-refractivity contribution in [2.24, 2.45) is 5.73 Å². The van der Waals surface area contributed by atoms with Crippen LogP contribution in [-0.4, -0.2) is 36.0 Å². The molecule has 17 heavy (non-hydrogen) atoms. The molecule has 0 aliphatic carbocycles. The van der Waals surface area contributed by atoms with Crippen LogP contribution < -0.4 is 5.73 Å². The molecule has 94 valence electrons. The quantitative estimate of drug-likeness (QED) is 0.930. The normalized spacial score (nSPS) is 19.2. The molecule has 0 bridgehead atoms. The Morgan fingerprint density at radius 2 is 2.12 bits per heavy atom. The molecule has 1 aromatic carbocycles. The maximum Gasteiger partial charge on any atom is 0.0471 e. The summed E-state index contributed by atoms with van der Waals surface area (Å²) in [5.41, 5.74) is 8.57. The van der Waals surface area contributed by atoms with Crippen molar-refractivity contribution in [1.29, 1.82) is 0 Å². The molecule has 1 fully saturated rings. The van der Waals surface area contributed by atoms with Crippen molar-refractivity contribution in [3.63, 3.8) is 0 Å². The van der Waals surface area contributed by atoms with Crippen LogP contribution in [0.1, 0.15) is 17.2 Å². The molecule has 1 atom stereocenters. The second-order valence-electron chi connectivity index (χ2n) is 4.41. The minimum absolute atomic E-state index is 0.368. The first-order valence-corrected chi connectivity index (χ1v) is 7.95. The van der Waals surface area contributed by atoms with E-state index >= 15 is 0 Å². The van der Waals surface area contributed by atoms with Gasteiger partial charge in [0.1, 0.15) is 0 Å². The van der Waals surface area contributed by atoms with Gasteiger partial charge < -0.3 is 5.73 Å². The third-order valence-corrected chi connectivity index (χ3v) is 5.09. The lowest BCUT2D eigenvalue weighted by Gasteiger charge is -2.34. The molecule has 0 radical (unpaired) electrons. The van der Waals surface area contributed by atoms with E-state index in [0.717, 1.165) is 13.1 Å². The predicted octanol–water partition coefficient (Wildman–Crippen LogP) is 2.81. The molecule has 4 heteroatoms. The number of nitrogens with two attached hydrogens (primary N) is 1. The fourth-order valence-electron chi connectivity index (χ4n) is 2.20. The summed E-state index contributed by atoms with van der Waals surface area (Å²) >= 11 is 5.64. The van der Waals surface area contributed by atoms with Gasteiger partial charge in [0.25, 0.3) is 0 Å². The largest absolute Gasteiger partial charge is 0.329 e. The summed E-state index contributed by atoms with van der Waals surface area (Å²) in [6.07, 6.45) is 0. The molecule has 2 rings (SSSR count). The molecule has 1 unspecified atom stereocenters. The van der Waals surface area contributed by atoms with E-state index in [1.807, 2.05) is 11.8 Å². The average molecular weight is 315 g/mol. The molecule has 2 N–H and O–H groups in total. The Kier molecular flexibility index (Phi) is 4.91. The molecule has 1 heterocycles. The molecular weight excluding hydrogens is 296 g/mol. The molecule has 2 nitrogen and oxygen atoms in total.